The zero-order chi connectivity index (χ0) is 67.2. The summed E-state index contributed by atoms with van der Waals surface area (Å²) in [7, 11) is 2.32. The van der Waals surface area contributed by atoms with Crippen molar-refractivity contribution < 1.29 is 57.5 Å². The number of aryl methyl sites for hydroxylation is 2. The number of esters is 1. The Balaban J connectivity index is 0.000000320. The molecule has 2 saturated heterocycles. The van der Waals surface area contributed by atoms with Gasteiger partial charge >= 0.3 is 5.97 Å². The van der Waals surface area contributed by atoms with E-state index in [-0.39, 0.29) is 93.0 Å². The zero-order valence-corrected chi connectivity index (χ0v) is 58.8. The first-order valence-electron chi connectivity index (χ1n) is 31.1. The second-order valence-corrected chi connectivity index (χ2v) is 25.6. The average Bonchev–Trinajstić information content (AvgIpc) is 0.917. The molecule has 0 radical (unpaired) electrons. The molecule has 524 valence electrons. The lowest BCUT2D eigenvalue weighted by Crippen LogP contribution is -2.56. The maximum atomic E-state index is 13.1. The van der Waals surface area contributed by atoms with Crippen LogP contribution in [0.5, 0.6) is 11.5 Å². The van der Waals surface area contributed by atoms with Crippen molar-refractivity contribution in [3.8, 4) is 11.5 Å². The fraction of sp³-hybridized carbons (Fsp3) is 0.552. The second kappa shape index (κ2) is 36.1. The van der Waals surface area contributed by atoms with Gasteiger partial charge in [-0.3, -0.25) is 24.2 Å². The molecule has 4 aromatic heterocycles. The topological polar surface area (TPSA) is 335 Å². The zero-order valence-electron chi connectivity index (χ0n) is 56.8. The highest BCUT2D eigenvalue weighted by Gasteiger charge is 2.32. The molecule has 28 heteroatoms. The van der Waals surface area contributed by atoms with Crippen molar-refractivity contribution >= 4 is 62.3 Å². The fourth-order valence-electron chi connectivity index (χ4n) is 10.7. The van der Waals surface area contributed by atoms with E-state index < -0.39 is 18.2 Å². The Morgan fingerprint density at radius 3 is 1.44 bits per heavy atom. The smallest absolute Gasteiger partial charge is 0.356 e. The summed E-state index contributed by atoms with van der Waals surface area (Å²) in [5.41, 5.74) is 14.4. The molecule has 2 aromatic carbocycles. The average molecular weight is 1360 g/mol. The van der Waals surface area contributed by atoms with Crippen molar-refractivity contribution in [2.45, 2.75) is 165 Å². The van der Waals surface area contributed by atoms with Crippen LogP contribution < -0.4 is 31.2 Å². The van der Waals surface area contributed by atoms with Gasteiger partial charge in [0.15, 0.2) is 30.0 Å². The molecule has 2 fully saturated rings. The molecule has 0 unspecified atom stereocenters. The van der Waals surface area contributed by atoms with Gasteiger partial charge in [0.2, 0.25) is 11.8 Å². The maximum absolute atomic E-state index is 13.1. The third-order valence-corrected chi connectivity index (χ3v) is 16.3. The first-order chi connectivity index (χ1) is 43.6. The highest BCUT2D eigenvalue weighted by Crippen LogP contribution is 2.32. The number of carbonyl (C=O) groups excluding carboxylic acids is 4. The van der Waals surface area contributed by atoms with Crippen LogP contribution in [0.15, 0.2) is 58.0 Å². The van der Waals surface area contributed by atoms with Crippen molar-refractivity contribution in [3.63, 3.8) is 0 Å². The number of benzene rings is 2. The number of aliphatic hydroxyl groups is 3. The molecule has 2 atom stereocenters. The molecule has 26 nitrogen and oxygen atoms in total. The first-order valence-corrected chi connectivity index (χ1v) is 31.1. The predicted octanol–water partition coefficient (Wildman–Crippen LogP) is 5.97. The van der Waals surface area contributed by atoms with E-state index in [1.165, 1.54) is 47.7 Å². The van der Waals surface area contributed by atoms with Crippen molar-refractivity contribution in [1.29, 1.82) is 0 Å². The summed E-state index contributed by atoms with van der Waals surface area (Å²) in [4.78, 5) is 81.7. The van der Waals surface area contributed by atoms with Crippen LogP contribution in [0, 0.1) is 27.7 Å². The molecule has 0 saturated carbocycles. The van der Waals surface area contributed by atoms with E-state index in [0.29, 0.717) is 88.9 Å². The standard InChI is InChI=1S/C32H43N7O5.C18H25N3O3.C15H22N4O3.CH4O.CH4.2H2S/c1-19-25-9-10-38(13-22(25)7-8-27(19)43-17-28-20(2)34-18-44-28)16-24(41)12-33-30(42)26-11-29(37-31(36-26)32(4,5)6)35-23-14-39(15-23)21(3)40;1-12-16-5-6-21(9-15(22)7-19)8-14(16)3-4-17(12)23-10-18-13(2)20-11-24-18;1-9(20)19-7-10(8-19)16-12-6-11(13(21)22-5)17-14(18-12)15(2,3)4;1-2;;;/h7-8,11,18,23-24,41H,9-10,12-17H2,1-6H3,(H,33,42)(H,35,36,37);3-4,11,15,22H,5-10,19H2,1-2H3;6,10H,7-8H2,1-5H3,(H,16,17,18);2H,1H3;1H4;2*1H2/t24-;15-;;;;;/m00...../s1. The van der Waals surface area contributed by atoms with Gasteiger partial charge in [-0.1, -0.05) is 61.1 Å². The molecule has 3 amide bonds. The summed E-state index contributed by atoms with van der Waals surface area (Å²) >= 11 is 0. The summed E-state index contributed by atoms with van der Waals surface area (Å²) in [5.74, 6) is 4.68. The molecule has 10 rings (SSSR count). The highest BCUT2D eigenvalue weighted by molar-refractivity contribution is 7.59. The number of β-amino-alcohol motifs (C(OH)–C–C–N with tert-alkyl or cyclic N) is 2. The minimum atomic E-state index is -0.747. The van der Waals surface area contributed by atoms with E-state index in [0.717, 1.165) is 79.6 Å². The Morgan fingerprint density at radius 1 is 0.653 bits per heavy atom. The van der Waals surface area contributed by atoms with Crippen molar-refractivity contribution in [2.24, 2.45) is 5.73 Å². The number of amides is 3. The van der Waals surface area contributed by atoms with E-state index in [1.54, 1.807) is 35.8 Å². The largest absolute Gasteiger partial charge is 0.485 e. The van der Waals surface area contributed by atoms with Crippen LogP contribution in [-0.2, 0) is 64.3 Å². The van der Waals surface area contributed by atoms with Gasteiger partial charge < -0.3 is 69.8 Å². The quantitative estimate of drug-likeness (QED) is 0.0459. The number of hydrogen-bond acceptors (Lipinski definition) is 23. The molecule has 4 aliphatic rings. The summed E-state index contributed by atoms with van der Waals surface area (Å²) in [6.07, 6.45) is 3.46. The monoisotopic (exact) mass is 1360 g/mol. The number of rotatable bonds is 19. The van der Waals surface area contributed by atoms with E-state index in [4.69, 9.17) is 33.9 Å². The Bertz CT molecular complexity index is 3490. The third kappa shape index (κ3) is 22.0. The third-order valence-electron chi connectivity index (χ3n) is 16.3. The van der Waals surface area contributed by atoms with Gasteiger partial charge in [0.1, 0.15) is 53.7 Å². The molecule has 8 heterocycles. The normalized spacial score (nSPS) is 15.1. The predicted molar refractivity (Wildman–Crippen MR) is 373 cm³/mol. The van der Waals surface area contributed by atoms with E-state index in [2.05, 4.69) is 81.6 Å². The Labute approximate surface area is 572 Å². The molecule has 0 aliphatic carbocycles. The lowest BCUT2D eigenvalue weighted by atomic mass is 9.94. The van der Waals surface area contributed by atoms with Gasteiger partial charge in [0.25, 0.3) is 5.91 Å². The maximum Gasteiger partial charge on any atom is 0.356 e. The summed E-state index contributed by atoms with van der Waals surface area (Å²) in [6, 6.07) is 11.6. The SMILES string of the molecule is C.CC(=O)N1CC(Nc2cc(C(=O)NC[C@H](O)CN3CCc4c(ccc(OCc5ocnc5C)c4C)C3)nc(C(C)(C)C)n2)C1.CO.COC(=O)c1cc(NC2CN(C(C)=O)C2)nc(C(C)(C)C)n1.Cc1ncoc1COc1ccc2c(c1C)CCN(C[C@@H](O)CN)C2.S.S. The first kappa shape index (κ1) is 80.0. The number of fused-ring (bicyclic) bond motifs is 2. The molecular weight excluding hydrogens is 1260 g/mol. The van der Waals surface area contributed by atoms with Crippen LogP contribution in [0.2, 0.25) is 0 Å². The van der Waals surface area contributed by atoms with Gasteiger partial charge in [-0.05, 0) is 86.1 Å². The van der Waals surface area contributed by atoms with E-state index >= 15 is 0 Å². The number of oxazole rings is 2. The van der Waals surface area contributed by atoms with Crippen LogP contribution >= 0.6 is 27.0 Å². The number of nitrogens with zero attached hydrogens (tertiary/aromatic N) is 10. The number of nitrogens with one attached hydrogen (secondary N) is 3. The number of hydrogen-bond donors (Lipinski definition) is 7. The van der Waals surface area contributed by atoms with Gasteiger partial charge in [-0.25, -0.2) is 34.7 Å². The minimum absolute atomic E-state index is 0. The van der Waals surface area contributed by atoms with Crippen LogP contribution in [0.1, 0.15) is 152 Å². The van der Waals surface area contributed by atoms with Crippen molar-refractivity contribution in [3.05, 3.63) is 129 Å². The minimum Gasteiger partial charge on any atom is -0.485 e. The summed E-state index contributed by atoms with van der Waals surface area (Å²) in [6.45, 7) is 30.9. The highest BCUT2D eigenvalue weighted by atomic mass is 32.1. The van der Waals surface area contributed by atoms with Gasteiger partial charge in [-0.15, -0.1) is 0 Å². The summed E-state index contributed by atoms with van der Waals surface area (Å²) < 4.78 is 27.4. The van der Waals surface area contributed by atoms with Gasteiger partial charge in [0.05, 0.1) is 42.8 Å². The fourth-order valence-corrected chi connectivity index (χ4v) is 10.7. The Morgan fingerprint density at radius 2 is 1.06 bits per heavy atom. The van der Waals surface area contributed by atoms with Gasteiger partial charge in [0, 0.05) is 122 Å². The van der Waals surface area contributed by atoms with Crippen LogP contribution in [0.3, 0.4) is 0 Å². The second-order valence-electron chi connectivity index (χ2n) is 25.6. The Hall–Kier alpha value is -7.44. The molecule has 95 heavy (non-hydrogen) atoms. The lowest BCUT2D eigenvalue weighted by molar-refractivity contribution is -0.133. The molecule has 0 spiro atoms. The molecule has 8 N–H and O–H groups in total. The molecule has 6 aromatic rings. The van der Waals surface area contributed by atoms with Crippen LogP contribution in [0.25, 0.3) is 0 Å². The van der Waals surface area contributed by atoms with E-state index in [1.807, 2.05) is 67.5 Å². The summed E-state index contributed by atoms with van der Waals surface area (Å²) in [5, 5.41) is 37.0. The van der Waals surface area contributed by atoms with Crippen LogP contribution in [0.4, 0.5) is 11.6 Å². The van der Waals surface area contributed by atoms with E-state index in [9.17, 15) is 29.4 Å². The molecule has 4 aliphatic heterocycles. The number of likely N-dealkylation sites (tertiary alicyclic amines) is 2. The number of methoxy groups -OCH3 is 1. The van der Waals surface area contributed by atoms with Crippen molar-refractivity contribution in [1.82, 2.24) is 54.8 Å². The Kier molecular flexibility index (Phi) is 30.4. The number of anilines is 2. The number of nitrogens with two attached hydrogens (primary N) is 1. The molecular formula is C67H102N14O12S2. The van der Waals surface area contributed by atoms with Crippen molar-refractivity contribution in [2.75, 3.05) is 90.3 Å². The number of aromatic nitrogens is 6. The number of aliphatic hydroxyl groups excluding tert-OH is 3. The van der Waals surface area contributed by atoms with Crippen LogP contribution in [-0.4, -0.2) is 192 Å². The number of carbonyl (C=O) groups is 4. The molecule has 0 bridgehead atoms. The lowest BCUT2D eigenvalue weighted by Gasteiger charge is -2.39. The number of ether oxygens (including phenoxy) is 3. The van der Waals surface area contributed by atoms with Gasteiger partial charge in [-0.2, -0.15) is 27.0 Å².